The van der Waals surface area contributed by atoms with Gasteiger partial charge in [-0.15, -0.1) is 10.2 Å². The van der Waals surface area contributed by atoms with Crippen LogP contribution in [0, 0.1) is 5.92 Å². The normalized spacial score (nSPS) is 16.7. The molecule has 0 aliphatic carbocycles. The van der Waals surface area contributed by atoms with Crippen molar-refractivity contribution in [3.63, 3.8) is 0 Å². The van der Waals surface area contributed by atoms with Crippen molar-refractivity contribution in [1.29, 1.82) is 0 Å². The van der Waals surface area contributed by atoms with E-state index < -0.39 is 10.0 Å². The zero-order valence-electron chi connectivity index (χ0n) is 12.9. The average Bonchev–Trinajstić information content (AvgIpc) is 3.10. The molecule has 7 nitrogen and oxygen atoms in total. The number of aromatic nitrogens is 2. The van der Waals surface area contributed by atoms with Crippen LogP contribution in [-0.4, -0.2) is 41.9 Å². The molecular weight excluding hydrogens is 407 g/mol. The molecule has 2 aromatic rings. The Kier molecular flexibility index (Phi) is 5.59. The minimum atomic E-state index is -3.66. The summed E-state index contributed by atoms with van der Waals surface area (Å²) in [6.07, 6.45) is 0.871. The molecule has 1 N–H and O–H groups in total. The van der Waals surface area contributed by atoms with Gasteiger partial charge in [0, 0.05) is 19.0 Å². The zero-order chi connectivity index (χ0) is 18.0. The first kappa shape index (κ1) is 18.5. The van der Waals surface area contributed by atoms with Crippen LogP contribution < -0.4 is 5.32 Å². The molecule has 1 aromatic heterocycles. The molecule has 0 atom stereocenters. The van der Waals surface area contributed by atoms with Crippen molar-refractivity contribution in [3.8, 4) is 0 Å². The maximum atomic E-state index is 12.7. The first-order valence-corrected chi connectivity index (χ1v) is 10.5. The molecule has 1 aliphatic rings. The summed E-state index contributed by atoms with van der Waals surface area (Å²) in [6, 6.07) is 4.23. The third kappa shape index (κ3) is 4.12. The van der Waals surface area contributed by atoms with Gasteiger partial charge in [-0.3, -0.25) is 4.79 Å². The first-order chi connectivity index (χ1) is 11.9. The van der Waals surface area contributed by atoms with Crippen LogP contribution in [0.4, 0.5) is 5.13 Å². The molecular formula is C14H14Cl2N4O3S2. The summed E-state index contributed by atoms with van der Waals surface area (Å²) < 4.78 is 26.7. The Hall–Kier alpha value is -1.26. The molecule has 134 valence electrons. The van der Waals surface area contributed by atoms with Gasteiger partial charge in [-0.1, -0.05) is 34.5 Å². The highest BCUT2D eigenvalue weighted by Crippen LogP contribution is 2.29. The Morgan fingerprint density at radius 2 is 1.96 bits per heavy atom. The van der Waals surface area contributed by atoms with E-state index in [-0.39, 0.29) is 34.8 Å². The number of nitrogens with zero attached hydrogens (tertiary/aromatic N) is 3. The summed E-state index contributed by atoms with van der Waals surface area (Å²) in [7, 11) is -3.66. The van der Waals surface area contributed by atoms with Gasteiger partial charge in [-0.05, 0) is 31.0 Å². The highest BCUT2D eigenvalue weighted by atomic mass is 35.5. The Labute approximate surface area is 159 Å². The summed E-state index contributed by atoms with van der Waals surface area (Å²) >= 11 is 13.0. The average molecular weight is 421 g/mol. The summed E-state index contributed by atoms with van der Waals surface area (Å²) in [6.45, 7) is 0.521. The van der Waals surface area contributed by atoms with E-state index in [0.717, 1.165) is 0 Å². The van der Waals surface area contributed by atoms with Gasteiger partial charge in [0.05, 0.1) is 14.9 Å². The summed E-state index contributed by atoms with van der Waals surface area (Å²) in [5, 5.41) is 11.0. The van der Waals surface area contributed by atoms with E-state index in [9.17, 15) is 13.2 Å². The van der Waals surface area contributed by atoms with Crippen molar-refractivity contribution in [2.75, 3.05) is 18.4 Å². The van der Waals surface area contributed by atoms with Gasteiger partial charge < -0.3 is 5.32 Å². The lowest BCUT2D eigenvalue weighted by Gasteiger charge is -2.30. The number of halogens is 2. The van der Waals surface area contributed by atoms with Gasteiger partial charge >= 0.3 is 0 Å². The second kappa shape index (κ2) is 7.55. The lowest BCUT2D eigenvalue weighted by Crippen LogP contribution is -2.41. The molecule has 1 fully saturated rings. The third-order valence-corrected chi connectivity index (χ3v) is 7.18. The van der Waals surface area contributed by atoms with Gasteiger partial charge in [-0.25, -0.2) is 8.42 Å². The van der Waals surface area contributed by atoms with E-state index in [1.165, 1.54) is 39.4 Å². The number of anilines is 1. The van der Waals surface area contributed by atoms with Crippen LogP contribution in [0.1, 0.15) is 12.8 Å². The van der Waals surface area contributed by atoms with Crippen molar-refractivity contribution in [1.82, 2.24) is 14.5 Å². The number of sulfonamides is 1. The van der Waals surface area contributed by atoms with Crippen LogP contribution in [0.5, 0.6) is 0 Å². The lowest BCUT2D eigenvalue weighted by atomic mass is 9.97. The number of benzene rings is 1. The Bertz CT molecular complexity index is 866. The molecule has 25 heavy (non-hydrogen) atoms. The molecule has 0 radical (unpaired) electrons. The van der Waals surface area contributed by atoms with E-state index in [2.05, 4.69) is 15.5 Å². The number of hydrogen-bond donors (Lipinski definition) is 1. The van der Waals surface area contributed by atoms with Crippen LogP contribution in [0.15, 0.2) is 28.6 Å². The van der Waals surface area contributed by atoms with E-state index in [1.807, 2.05) is 0 Å². The van der Waals surface area contributed by atoms with Gasteiger partial charge in [-0.2, -0.15) is 4.31 Å². The molecule has 0 saturated carbocycles. The van der Waals surface area contributed by atoms with Crippen molar-refractivity contribution in [2.45, 2.75) is 17.7 Å². The molecule has 1 aromatic carbocycles. The van der Waals surface area contributed by atoms with Crippen LogP contribution in [0.25, 0.3) is 0 Å². The smallest absolute Gasteiger partial charge is 0.243 e. The SMILES string of the molecule is O=C(Nc1nncs1)C1CCN(S(=O)(=O)c2ccc(Cl)c(Cl)c2)CC1. The first-order valence-electron chi connectivity index (χ1n) is 7.40. The molecule has 0 spiro atoms. The summed E-state index contributed by atoms with van der Waals surface area (Å²) in [5.41, 5.74) is 1.53. The van der Waals surface area contributed by atoms with Crippen LogP contribution in [-0.2, 0) is 14.8 Å². The molecule has 1 amide bonds. The molecule has 11 heteroatoms. The van der Waals surface area contributed by atoms with E-state index >= 15 is 0 Å². The topological polar surface area (TPSA) is 92.3 Å². The Balaban J connectivity index is 1.64. The van der Waals surface area contributed by atoms with Crippen molar-refractivity contribution in [3.05, 3.63) is 33.8 Å². The second-order valence-electron chi connectivity index (χ2n) is 5.49. The van der Waals surface area contributed by atoms with E-state index in [4.69, 9.17) is 23.2 Å². The molecule has 3 rings (SSSR count). The summed E-state index contributed by atoms with van der Waals surface area (Å²) in [4.78, 5) is 12.3. The van der Waals surface area contributed by atoms with E-state index in [1.54, 1.807) is 0 Å². The van der Waals surface area contributed by atoms with Crippen molar-refractivity contribution >= 4 is 55.6 Å². The van der Waals surface area contributed by atoms with Gasteiger partial charge in [0.15, 0.2) is 0 Å². The van der Waals surface area contributed by atoms with Crippen LogP contribution in [0.2, 0.25) is 10.0 Å². The standard InChI is InChI=1S/C14H14Cl2N4O3S2/c15-11-2-1-10(7-12(11)16)25(22,23)20-5-3-9(4-6-20)13(21)18-14-19-17-8-24-14/h1-2,7-9H,3-6H2,(H,18,19,21). The fourth-order valence-corrected chi connectivity index (χ4v) is 4.89. The maximum Gasteiger partial charge on any atom is 0.243 e. The fourth-order valence-electron chi connectivity index (χ4n) is 2.58. The molecule has 2 heterocycles. The second-order valence-corrected chi connectivity index (χ2v) is 9.07. The highest BCUT2D eigenvalue weighted by molar-refractivity contribution is 7.89. The predicted molar refractivity (Wildman–Crippen MR) is 96.5 cm³/mol. The highest BCUT2D eigenvalue weighted by Gasteiger charge is 2.32. The molecule has 0 unspecified atom stereocenters. The minimum Gasteiger partial charge on any atom is -0.300 e. The van der Waals surface area contributed by atoms with Gasteiger partial charge in [0.2, 0.25) is 21.1 Å². The number of carbonyl (C=O) groups is 1. The van der Waals surface area contributed by atoms with Gasteiger partial charge in [0.25, 0.3) is 0 Å². The van der Waals surface area contributed by atoms with Crippen molar-refractivity contribution in [2.24, 2.45) is 5.92 Å². The summed E-state index contributed by atoms with van der Waals surface area (Å²) in [5.74, 6) is -0.424. The third-order valence-electron chi connectivity index (χ3n) is 3.94. The quantitative estimate of drug-likeness (QED) is 0.820. The largest absolute Gasteiger partial charge is 0.300 e. The Morgan fingerprint density at radius 3 is 2.56 bits per heavy atom. The van der Waals surface area contributed by atoms with Crippen LogP contribution in [0.3, 0.4) is 0 Å². The number of piperidine rings is 1. The monoisotopic (exact) mass is 420 g/mol. The number of rotatable bonds is 4. The van der Waals surface area contributed by atoms with Crippen LogP contribution >= 0.6 is 34.5 Å². The minimum absolute atomic E-state index is 0.0960. The van der Waals surface area contributed by atoms with Crippen molar-refractivity contribution < 1.29 is 13.2 Å². The molecule has 0 bridgehead atoms. The number of amides is 1. The number of nitrogens with one attached hydrogen (secondary N) is 1. The Morgan fingerprint density at radius 1 is 1.24 bits per heavy atom. The predicted octanol–water partition coefficient (Wildman–Crippen LogP) is 2.88. The molecule has 1 aliphatic heterocycles. The number of hydrogen-bond acceptors (Lipinski definition) is 6. The fraction of sp³-hybridized carbons (Fsp3) is 0.357. The maximum absolute atomic E-state index is 12.7. The molecule has 1 saturated heterocycles. The number of carbonyl (C=O) groups excluding carboxylic acids is 1. The zero-order valence-corrected chi connectivity index (χ0v) is 16.0. The van der Waals surface area contributed by atoms with Gasteiger partial charge in [0.1, 0.15) is 5.51 Å². The lowest BCUT2D eigenvalue weighted by molar-refractivity contribution is -0.120. The van der Waals surface area contributed by atoms with E-state index in [0.29, 0.717) is 23.0 Å².